The molecule has 0 saturated carbocycles. The Morgan fingerprint density at radius 1 is 1.15 bits per heavy atom. The Bertz CT molecular complexity index is 1240. The van der Waals surface area contributed by atoms with Crippen LogP contribution in [0.5, 0.6) is 5.75 Å². The van der Waals surface area contributed by atoms with Gasteiger partial charge in [0.05, 0.1) is 10.6 Å². The maximum absolute atomic E-state index is 12.7. The summed E-state index contributed by atoms with van der Waals surface area (Å²) in [7, 11) is -3.45. The van der Waals surface area contributed by atoms with Gasteiger partial charge in [-0.25, -0.2) is 13.4 Å². The lowest BCUT2D eigenvalue weighted by molar-refractivity contribution is -0.118. The molecule has 7 nitrogen and oxygen atoms in total. The average molecular weight is 506 g/mol. The van der Waals surface area contributed by atoms with E-state index >= 15 is 0 Å². The number of aryl methyl sites for hydroxylation is 2. The number of anilines is 1. The first-order valence-corrected chi connectivity index (χ1v) is 13.2. The lowest BCUT2D eigenvalue weighted by Crippen LogP contribution is -2.27. The van der Waals surface area contributed by atoms with Gasteiger partial charge in [-0.3, -0.25) is 10.1 Å². The monoisotopic (exact) mass is 505 g/mol. The molecule has 2 heterocycles. The van der Waals surface area contributed by atoms with E-state index in [0.29, 0.717) is 34.7 Å². The van der Waals surface area contributed by atoms with Crippen LogP contribution in [0.4, 0.5) is 5.13 Å². The number of nitrogens with zero attached hydrogens (tertiary/aromatic N) is 2. The SMILES string of the molecule is Cc1cc(OCC(=O)Nc2nc(-c3ccc(S(=O)(=O)N4CCCC4)cc3)cs2)cc(C)c1Cl. The van der Waals surface area contributed by atoms with Crippen LogP contribution in [0.1, 0.15) is 24.0 Å². The lowest BCUT2D eigenvalue weighted by Gasteiger charge is -2.15. The minimum atomic E-state index is -3.45. The second-order valence-electron chi connectivity index (χ2n) is 7.88. The van der Waals surface area contributed by atoms with E-state index in [-0.39, 0.29) is 17.4 Å². The number of benzene rings is 2. The molecule has 33 heavy (non-hydrogen) atoms. The molecule has 1 N–H and O–H groups in total. The summed E-state index contributed by atoms with van der Waals surface area (Å²) in [6.07, 6.45) is 1.79. The molecule has 1 fully saturated rings. The van der Waals surface area contributed by atoms with E-state index < -0.39 is 10.0 Å². The Labute approximate surface area is 202 Å². The summed E-state index contributed by atoms with van der Waals surface area (Å²) >= 11 is 7.45. The van der Waals surface area contributed by atoms with Crippen LogP contribution in [-0.2, 0) is 14.8 Å². The number of carbonyl (C=O) groups excluding carboxylic acids is 1. The molecule has 1 aliphatic heterocycles. The number of carbonyl (C=O) groups is 1. The molecule has 3 aromatic rings. The van der Waals surface area contributed by atoms with Crippen LogP contribution >= 0.6 is 22.9 Å². The van der Waals surface area contributed by atoms with E-state index in [4.69, 9.17) is 16.3 Å². The van der Waals surface area contributed by atoms with Crippen LogP contribution in [0.25, 0.3) is 11.3 Å². The summed E-state index contributed by atoms with van der Waals surface area (Å²) in [5.41, 5.74) is 3.20. The maximum atomic E-state index is 12.7. The molecule has 0 unspecified atom stereocenters. The molecule has 1 saturated heterocycles. The van der Waals surface area contributed by atoms with Gasteiger partial charge in [-0.05, 0) is 62.1 Å². The van der Waals surface area contributed by atoms with Gasteiger partial charge in [-0.1, -0.05) is 23.7 Å². The Morgan fingerprint density at radius 2 is 1.79 bits per heavy atom. The largest absolute Gasteiger partial charge is 0.484 e. The first-order valence-electron chi connectivity index (χ1n) is 10.5. The first-order chi connectivity index (χ1) is 15.7. The normalized spacial score (nSPS) is 14.4. The highest BCUT2D eigenvalue weighted by molar-refractivity contribution is 7.89. The van der Waals surface area contributed by atoms with Crippen molar-refractivity contribution in [3.05, 3.63) is 57.9 Å². The summed E-state index contributed by atoms with van der Waals surface area (Å²) in [4.78, 5) is 17.0. The molecule has 1 aliphatic rings. The van der Waals surface area contributed by atoms with Crippen LogP contribution in [0.3, 0.4) is 0 Å². The molecule has 1 amide bonds. The highest BCUT2D eigenvalue weighted by Gasteiger charge is 2.27. The topological polar surface area (TPSA) is 88.6 Å². The molecular weight excluding hydrogens is 482 g/mol. The minimum absolute atomic E-state index is 0.154. The molecule has 0 bridgehead atoms. The van der Waals surface area contributed by atoms with Gasteiger partial charge in [0.25, 0.3) is 5.91 Å². The summed E-state index contributed by atoms with van der Waals surface area (Å²) < 4.78 is 32.4. The number of ether oxygens (including phenoxy) is 1. The molecular formula is C23H24ClN3O4S2. The number of amides is 1. The fourth-order valence-electron chi connectivity index (χ4n) is 3.63. The zero-order valence-electron chi connectivity index (χ0n) is 18.3. The number of sulfonamides is 1. The zero-order valence-corrected chi connectivity index (χ0v) is 20.7. The van der Waals surface area contributed by atoms with Gasteiger partial charge in [-0.15, -0.1) is 11.3 Å². The van der Waals surface area contributed by atoms with Crippen molar-refractivity contribution in [2.75, 3.05) is 25.0 Å². The van der Waals surface area contributed by atoms with E-state index in [2.05, 4.69) is 10.3 Å². The number of halogens is 1. The van der Waals surface area contributed by atoms with Crippen molar-refractivity contribution < 1.29 is 17.9 Å². The van der Waals surface area contributed by atoms with E-state index in [1.165, 1.54) is 15.6 Å². The Kier molecular flexibility index (Phi) is 7.04. The third kappa shape index (κ3) is 5.38. The average Bonchev–Trinajstić information content (AvgIpc) is 3.49. The summed E-state index contributed by atoms with van der Waals surface area (Å²) in [6.45, 7) is 4.75. The smallest absolute Gasteiger partial charge is 0.264 e. The fraction of sp³-hybridized carbons (Fsp3) is 0.304. The van der Waals surface area contributed by atoms with Crippen molar-refractivity contribution in [3.63, 3.8) is 0 Å². The highest BCUT2D eigenvalue weighted by atomic mass is 35.5. The van der Waals surface area contributed by atoms with Gasteiger partial charge in [0, 0.05) is 29.1 Å². The number of thiazole rings is 1. The molecule has 0 radical (unpaired) electrons. The van der Waals surface area contributed by atoms with Crippen LogP contribution in [-0.4, -0.2) is 43.3 Å². The van der Waals surface area contributed by atoms with Gasteiger partial charge in [0.2, 0.25) is 10.0 Å². The van der Waals surface area contributed by atoms with Crippen molar-refractivity contribution in [1.82, 2.24) is 9.29 Å². The van der Waals surface area contributed by atoms with Crippen LogP contribution in [0, 0.1) is 13.8 Å². The lowest BCUT2D eigenvalue weighted by atomic mass is 10.1. The second kappa shape index (κ2) is 9.80. The van der Waals surface area contributed by atoms with Crippen LogP contribution in [0.2, 0.25) is 5.02 Å². The van der Waals surface area contributed by atoms with Crippen molar-refractivity contribution >= 4 is 44.0 Å². The van der Waals surface area contributed by atoms with Crippen molar-refractivity contribution in [2.24, 2.45) is 0 Å². The first kappa shape index (κ1) is 23.7. The van der Waals surface area contributed by atoms with Crippen molar-refractivity contribution in [1.29, 1.82) is 0 Å². The molecule has 0 spiro atoms. The third-order valence-corrected chi connectivity index (χ3v) is 8.65. The highest BCUT2D eigenvalue weighted by Crippen LogP contribution is 2.28. The van der Waals surface area contributed by atoms with Gasteiger partial charge in [0.1, 0.15) is 5.75 Å². The molecule has 174 valence electrons. The Balaban J connectivity index is 1.37. The number of hydrogen-bond acceptors (Lipinski definition) is 6. The van der Waals surface area contributed by atoms with E-state index in [9.17, 15) is 13.2 Å². The molecule has 10 heteroatoms. The van der Waals surface area contributed by atoms with Crippen LogP contribution < -0.4 is 10.1 Å². The third-order valence-electron chi connectivity index (χ3n) is 5.38. The predicted molar refractivity (Wildman–Crippen MR) is 131 cm³/mol. The summed E-state index contributed by atoms with van der Waals surface area (Å²) in [6, 6.07) is 10.3. The standard InChI is InChI=1S/C23H24ClN3O4S2/c1-15-11-18(12-16(2)22(15)24)31-13-21(28)26-23-25-20(14-32-23)17-5-7-19(8-6-17)33(29,30)27-9-3-4-10-27/h5-8,11-12,14H,3-4,9-10,13H2,1-2H3,(H,25,26,28). The molecule has 1 aromatic heterocycles. The van der Waals surface area contributed by atoms with Crippen molar-refractivity contribution in [2.45, 2.75) is 31.6 Å². The summed E-state index contributed by atoms with van der Waals surface area (Å²) in [5, 5.41) is 5.67. The number of nitrogens with one attached hydrogen (secondary N) is 1. The maximum Gasteiger partial charge on any atom is 0.264 e. The van der Waals surface area contributed by atoms with Gasteiger partial charge >= 0.3 is 0 Å². The second-order valence-corrected chi connectivity index (χ2v) is 11.1. The number of hydrogen-bond donors (Lipinski definition) is 1. The molecule has 0 aliphatic carbocycles. The minimum Gasteiger partial charge on any atom is -0.484 e. The molecule has 4 rings (SSSR count). The van der Waals surface area contributed by atoms with E-state index in [1.54, 1.807) is 36.4 Å². The Morgan fingerprint density at radius 3 is 2.42 bits per heavy atom. The van der Waals surface area contributed by atoms with E-state index in [1.807, 2.05) is 19.2 Å². The van der Waals surface area contributed by atoms with Crippen molar-refractivity contribution in [3.8, 4) is 17.0 Å². The summed E-state index contributed by atoms with van der Waals surface area (Å²) in [5.74, 6) is 0.251. The molecule has 2 aromatic carbocycles. The van der Waals surface area contributed by atoms with Gasteiger partial charge in [0.15, 0.2) is 11.7 Å². The van der Waals surface area contributed by atoms with Crippen LogP contribution in [0.15, 0.2) is 46.7 Å². The predicted octanol–water partition coefficient (Wildman–Crippen LogP) is 4.88. The zero-order chi connectivity index (χ0) is 23.6. The Hall–Kier alpha value is -2.46. The number of aromatic nitrogens is 1. The van der Waals surface area contributed by atoms with Gasteiger partial charge < -0.3 is 4.74 Å². The van der Waals surface area contributed by atoms with E-state index in [0.717, 1.165) is 29.5 Å². The molecule has 0 atom stereocenters. The number of rotatable bonds is 7. The van der Waals surface area contributed by atoms with Gasteiger partial charge in [-0.2, -0.15) is 4.31 Å². The quantitative estimate of drug-likeness (QED) is 0.494. The fourth-order valence-corrected chi connectivity index (χ4v) is 5.99.